The lowest BCUT2D eigenvalue weighted by atomic mass is 9.97. The number of anilines is 2. The molecule has 29 heavy (non-hydrogen) atoms. The molecule has 160 valence electrons. The number of nitrogens with zero attached hydrogens (tertiary/aromatic N) is 2. The Hall–Kier alpha value is -1.81. The lowest BCUT2D eigenvalue weighted by Gasteiger charge is -2.33. The number of piperidine rings is 1. The summed E-state index contributed by atoms with van der Waals surface area (Å²) in [4.78, 5) is 18.3. The van der Waals surface area contributed by atoms with Crippen molar-refractivity contribution in [3.63, 3.8) is 0 Å². The average molecular weight is 447 g/mol. The maximum Gasteiger partial charge on any atom is 0.333 e. The number of carbonyl (C=O) groups excluding carboxylic acids is 1. The molecule has 2 aromatic rings. The first-order valence-corrected chi connectivity index (χ1v) is 10.1. The first-order valence-electron chi connectivity index (χ1n) is 9.18. The number of hydrogen-bond donors (Lipinski definition) is 2. The predicted molar refractivity (Wildman–Crippen MR) is 106 cm³/mol. The van der Waals surface area contributed by atoms with Crippen molar-refractivity contribution in [2.45, 2.75) is 25.3 Å². The van der Waals surface area contributed by atoms with Crippen LogP contribution >= 0.6 is 11.3 Å². The third kappa shape index (κ3) is 6.08. The summed E-state index contributed by atoms with van der Waals surface area (Å²) in [5.74, 6) is -0.754. The second kappa shape index (κ2) is 10.8. The minimum absolute atomic E-state index is 0. The van der Waals surface area contributed by atoms with Crippen molar-refractivity contribution in [1.82, 2.24) is 4.98 Å². The van der Waals surface area contributed by atoms with Crippen LogP contribution in [0, 0.1) is 5.92 Å². The van der Waals surface area contributed by atoms with Crippen LogP contribution in [0.3, 0.4) is 0 Å². The van der Waals surface area contributed by atoms with Gasteiger partial charge in [0.05, 0.1) is 12.3 Å². The molecule has 1 aliphatic heterocycles. The lowest BCUT2D eigenvalue weighted by molar-refractivity contribution is -0.307. The SMILES string of the molecule is COC[C@H](Nc1nc(-c2cccc(N3CCC(C(F)F)CC3)c2)cs1)C([NH3+])=O.[Cl-]. The highest BCUT2D eigenvalue weighted by molar-refractivity contribution is 7.14. The molecule has 10 heteroatoms. The Balaban J connectivity index is 0.00000300. The highest BCUT2D eigenvalue weighted by atomic mass is 35.5. The summed E-state index contributed by atoms with van der Waals surface area (Å²) in [7, 11) is 1.53. The highest BCUT2D eigenvalue weighted by Gasteiger charge is 2.26. The Morgan fingerprint density at radius 2 is 2.14 bits per heavy atom. The number of carbonyl (C=O) groups is 1. The highest BCUT2D eigenvalue weighted by Crippen LogP contribution is 2.31. The number of amides is 1. The van der Waals surface area contributed by atoms with Crippen LogP contribution in [-0.2, 0) is 9.53 Å². The second-order valence-corrected chi connectivity index (χ2v) is 7.72. The van der Waals surface area contributed by atoms with Gasteiger partial charge in [0.2, 0.25) is 6.43 Å². The van der Waals surface area contributed by atoms with Gasteiger partial charge in [-0.3, -0.25) is 5.73 Å². The normalized spacial score (nSPS) is 15.8. The molecule has 1 atom stereocenters. The van der Waals surface area contributed by atoms with Crippen molar-refractivity contribution in [3.8, 4) is 11.3 Å². The number of rotatable bonds is 8. The number of methoxy groups -OCH3 is 1. The number of halogens is 3. The molecule has 1 amide bonds. The van der Waals surface area contributed by atoms with E-state index in [1.165, 1.54) is 18.4 Å². The lowest BCUT2D eigenvalue weighted by Crippen LogP contribution is -3.00. The summed E-state index contributed by atoms with van der Waals surface area (Å²) in [5.41, 5.74) is 6.20. The van der Waals surface area contributed by atoms with Crippen LogP contribution in [-0.4, -0.2) is 50.2 Å². The monoisotopic (exact) mass is 446 g/mol. The van der Waals surface area contributed by atoms with Crippen molar-refractivity contribution in [2.75, 3.05) is 37.0 Å². The first kappa shape index (κ1) is 23.5. The Kier molecular flexibility index (Phi) is 8.76. The van der Waals surface area contributed by atoms with E-state index in [4.69, 9.17) is 4.74 Å². The summed E-state index contributed by atoms with van der Waals surface area (Å²) in [5, 5.41) is 5.59. The zero-order chi connectivity index (χ0) is 20.1. The summed E-state index contributed by atoms with van der Waals surface area (Å²) in [6.07, 6.45) is -1.22. The number of quaternary nitrogens is 1. The largest absolute Gasteiger partial charge is 1.00 e. The quantitative estimate of drug-likeness (QED) is 0.571. The maximum absolute atomic E-state index is 12.9. The van der Waals surface area contributed by atoms with Crippen LogP contribution in [0.4, 0.5) is 19.6 Å². The predicted octanol–water partition coefficient (Wildman–Crippen LogP) is -0.509. The van der Waals surface area contributed by atoms with Gasteiger partial charge < -0.3 is 27.4 Å². The second-order valence-electron chi connectivity index (χ2n) is 6.87. The fourth-order valence-electron chi connectivity index (χ4n) is 3.28. The van der Waals surface area contributed by atoms with Crippen LogP contribution in [0.25, 0.3) is 11.3 Å². The van der Waals surface area contributed by atoms with Gasteiger partial charge in [-0.05, 0) is 25.0 Å². The molecule has 0 saturated carbocycles. The molecule has 1 saturated heterocycles. The van der Waals surface area contributed by atoms with Gasteiger partial charge in [0.15, 0.2) is 11.2 Å². The molecular formula is C19H25ClF2N4O2S. The smallest absolute Gasteiger partial charge is 0.333 e. The van der Waals surface area contributed by atoms with Gasteiger partial charge in [-0.25, -0.2) is 18.6 Å². The average Bonchev–Trinajstić information content (AvgIpc) is 3.16. The Morgan fingerprint density at radius 1 is 1.41 bits per heavy atom. The van der Waals surface area contributed by atoms with E-state index in [1.54, 1.807) is 0 Å². The molecule has 1 aliphatic rings. The molecule has 0 bridgehead atoms. The minimum Gasteiger partial charge on any atom is -1.00 e. The fourth-order valence-corrected chi connectivity index (χ4v) is 4.05. The summed E-state index contributed by atoms with van der Waals surface area (Å²) in [6, 6.07) is 7.40. The minimum atomic E-state index is -2.23. The van der Waals surface area contributed by atoms with Crippen molar-refractivity contribution < 1.29 is 36.5 Å². The van der Waals surface area contributed by atoms with E-state index in [1.807, 2.05) is 29.6 Å². The third-order valence-electron chi connectivity index (χ3n) is 4.93. The Labute approximate surface area is 178 Å². The van der Waals surface area contributed by atoms with Crippen molar-refractivity contribution in [2.24, 2.45) is 5.92 Å². The van der Waals surface area contributed by atoms with E-state index in [9.17, 15) is 13.6 Å². The van der Waals surface area contributed by atoms with Gasteiger partial charge in [0.1, 0.15) is 0 Å². The molecular weight excluding hydrogens is 422 g/mol. The number of alkyl halides is 2. The Bertz CT molecular complexity index is 800. The number of ether oxygens (including phenoxy) is 1. The van der Waals surface area contributed by atoms with Crippen molar-refractivity contribution in [1.29, 1.82) is 0 Å². The van der Waals surface area contributed by atoms with E-state index < -0.39 is 18.4 Å². The van der Waals surface area contributed by atoms with Gasteiger partial charge in [-0.2, -0.15) is 0 Å². The van der Waals surface area contributed by atoms with Crippen molar-refractivity contribution in [3.05, 3.63) is 29.6 Å². The van der Waals surface area contributed by atoms with Crippen LogP contribution in [0.2, 0.25) is 0 Å². The van der Waals surface area contributed by atoms with Crippen LogP contribution in [0.1, 0.15) is 12.8 Å². The maximum atomic E-state index is 12.9. The molecule has 1 aromatic carbocycles. The summed E-state index contributed by atoms with van der Waals surface area (Å²) < 4.78 is 30.8. The molecule has 0 aliphatic carbocycles. The van der Waals surface area contributed by atoms with E-state index in [0.717, 1.165) is 16.9 Å². The molecule has 0 radical (unpaired) electrons. The van der Waals surface area contributed by atoms with Crippen LogP contribution in [0.5, 0.6) is 0 Å². The van der Waals surface area contributed by atoms with Gasteiger partial charge in [-0.15, -0.1) is 11.3 Å². The molecule has 1 fully saturated rings. The van der Waals surface area contributed by atoms with E-state index in [-0.39, 0.29) is 24.9 Å². The number of thiazole rings is 1. The van der Waals surface area contributed by atoms with Gasteiger partial charge in [0.25, 0.3) is 0 Å². The van der Waals surface area contributed by atoms with Crippen molar-refractivity contribution >= 4 is 28.1 Å². The van der Waals surface area contributed by atoms with Gasteiger partial charge in [-0.1, -0.05) is 12.1 Å². The topological polar surface area (TPSA) is 82.1 Å². The van der Waals surface area contributed by atoms with E-state index >= 15 is 0 Å². The third-order valence-corrected chi connectivity index (χ3v) is 5.70. The van der Waals surface area contributed by atoms with Gasteiger partial charge in [0, 0.05) is 42.7 Å². The number of nitrogens with one attached hydrogen (secondary N) is 1. The van der Waals surface area contributed by atoms with E-state index in [0.29, 0.717) is 31.1 Å². The number of aromatic nitrogens is 1. The first-order chi connectivity index (χ1) is 13.5. The number of benzene rings is 1. The molecule has 4 N–H and O–H groups in total. The summed E-state index contributed by atoms with van der Waals surface area (Å²) in [6.45, 7) is 1.49. The molecule has 6 nitrogen and oxygen atoms in total. The van der Waals surface area contributed by atoms with Crippen LogP contribution < -0.4 is 28.4 Å². The zero-order valence-electron chi connectivity index (χ0n) is 16.1. The molecule has 1 aromatic heterocycles. The Morgan fingerprint density at radius 3 is 2.76 bits per heavy atom. The fraction of sp³-hybridized carbons (Fsp3) is 0.474. The number of hydrogen-bond acceptors (Lipinski definition) is 6. The standard InChI is InChI=1S/C19H24F2N4O2S.ClH/c1-27-10-15(18(22)26)23-19-24-16(11-28-19)13-3-2-4-14(9-13)25-7-5-12(6-8-25)17(20)21;/h2-4,9,11-12,15,17H,5-8,10H2,1H3,(H2,22,26)(H,23,24);1H/t15-;/m0./s1. The van der Waals surface area contributed by atoms with Crippen LogP contribution in [0.15, 0.2) is 29.6 Å². The molecule has 0 unspecified atom stereocenters. The van der Waals surface area contributed by atoms with E-state index in [2.05, 4.69) is 20.9 Å². The molecule has 3 rings (SSSR count). The zero-order valence-corrected chi connectivity index (χ0v) is 17.7. The molecule has 0 spiro atoms. The summed E-state index contributed by atoms with van der Waals surface area (Å²) >= 11 is 1.41. The van der Waals surface area contributed by atoms with Gasteiger partial charge >= 0.3 is 5.91 Å². The molecule has 2 heterocycles.